The molecule has 0 aliphatic carbocycles. The maximum Gasteiger partial charge on any atom is 0.323 e. The fourth-order valence-electron chi connectivity index (χ4n) is 2.71. The van der Waals surface area contributed by atoms with Gasteiger partial charge in [0.25, 0.3) is 0 Å². The molecule has 1 fully saturated rings. The number of hydrogen-bond donors (Lipinski definition) is 0. The van der Waals surface area contributed by atoms with Gasteiger partial charge in [0.2, 0.25) is 5.76 Å². The first-order valence-corrected chi connectivity index (χ1v) is 7.09. The molecule has 2 aromatic rings. The van der Waals surface area contributed by atoms with Crippen LogP contribution in [0.3, 0.4) is 0 Å². The molecule has 21 heavy (non-hydrogen) atoms. The molecule has 0 spiro atoms. The van der Waals surface area contributed by atoms with Crippen LogP contribution < -0.4 is 0 Å². The number of hydrogen-bond acceptors (Lipinski definition) is 6. The van der Waals surface area contributed by atoms with Gasteiger partial charge in [0.15, 0.2) is 5.76 Å². The predicted molar refractivity (Wildman–Crippen MR) is 74.3 cm³/mol. The zero-order valence-electron chi connectivity index (χ0n) is 11.9. The summed E-state index contributed by atoms with van der Waals surface area (Å²) in [4.78, 5) is 13.9. The van der Waals surface area contributed by atoms with Gasteiger partial charge >= 0.3 is 5.97 Å². The average Bonchev–Trinajstić information content (AvgIpc) is 3.18. The van der Waals surface area contributed by atoms with Crippen LogP contribution in [0.15, 0.2) is 33.4 Å². The normalized spacial score (nSPS) is 19.6. The number of methoxy groups -OCH3 is 1. The second-order valence-corrected chi connectivity index (χ2v) is 5.17. The lowest BCUT2D eigenvalue weighted by Crippen LogP contribution is -2.44. The van der Waals surface area contributed by atoms with Gasteiger partial charge in [-0.25, -0.2) is 0 Å². The van der Waals surface area contributed by atoms with Gasteiger partial charge in [-0.1, -0.05) is 11.6 Å². The van der Waals surface area contributed by atoms with E-state index < -0.39 is 0 Å². The van der Waals surface area contributed by atoms with E-state index in [1.807, 2.05) is 12.1 Å². The maximum absolute atomic E-state index is 11.8. The van der Waals surface area contributed by atoms with E-state index >= 15 is 0 Å². The Labute approximate surface area is 122 Å². The van der Waals surface area contributed by atoms with Crippen molar-refractivity contribution in [3.63, 3.8) is 0 Å². The van der Waals surface area contributed by atoms with Crippen molar-refractivity contribution in [3.05, 3.63) is 30.2 Å². The van der Waals surface area contributed by atoms with Crippen molar-refractivity contribution in [1.82, 2.24) is 10.1 Å². The number of aromatic nitrogens is 1. The highest BCUT2D eigenvalue weighted by molar-refractivity contribution is 5.75. The van der Waals surface area contributed by atoms with Crippen molar-refractivity contribution in [3.8, 4) is 11.5 Å². The highest BCUT2D eigenvalue weighted by Crippen LogP contribution is 2.24. The second-order valence-electron chi connectivity index (χ2n) is 5.17. The minimum atomic E-state index is -0.187. The molecular formula is C15H18N2O4. The topological polar surface area (TPSA) is 68.7 Å². The summed E-state index contributed by atoms with van der Waals surface area (Å²) >= 11 is 0. The number of nitrogens with zero attached hydrogens (tertiary/aromatic N) is 2. The average molecular weight is 290 g/mol. The maximum atomic E-state index is 11.8. The van der Waals surface area contributed by atoms with Gasteiger partial charge in [0, 0.05) is 12.6 Å². The Morgan fingerprint density at radius 3 is 3.14 bits per heavy atom. The van der Waals surface area contributed by atoms with Crippen LogP contribution in [0.25, 0.3) is 11.5 Å². The molecule has 0 amide bonds. The van der Waals surface area contributed by atoms with E-state index in [1.54, 1.807) is 12.3 Å². The molecule has 3 heterocycles. The molecule has 3 rings (SSSR count). The standard InChI is InChI=1S/C15H18N2O4/c1-19-15(18)12-5-2-3-7-17(12)10-11-9-14(21-16-11)13-6-4-8-20-13/h4,6,8-9,12H,2-3,5,7,10H2,1H3/t12-/m0/s1. The number of furan rings is 1. The molecule has 1 saturated heterocycles. The fraction of sp³-hybridized carbons (Fsp3) is 0.467. The lowest BCUT2D eigenvalue weighted by molar-refractivity contribution is -0.148. The molecule has 0 saturated carbocycles. The van der Waals surface area contributed by atoms with Crippen LogP contribution in [0.2, 0.25) is 0 Å². The summed E-state index contributed by atoms with van der Waals surface area (Å²) in [7, 11) is 1.43. The molecule has 1 aliphatic heterocycles. The van der Waals surface area contributed by atoms with Gasteiger partial charge in [-0.2, -0.15) is 0 Å². The molecule has 6 nitrogen and oxygen atoms in total. The Balaban J connectivity index is 1.71. The smallest absolute Gasteiger partial charge is 0.323 e. The molecule has 112 valence electrons. The van der Waals surface area contributed by atoms with E-state index in [-0.39, 0.29) is 12.0 Å². The number of rotatable bonds is 4. The zero-order valence-corrected chi connectivity index (χ0v) is 11.9. The zero-order chi connectivity index (χ0) is 14.7. The van der Waals surface area contributed by atoms with Gasteiger partial charge in [0.05, 0.1) is 19.1 Å². The number of carbonyl (C=O) groups is 1. The first-order chi connectivity index (χ1) is 10.3. The molecule has 0 bridgehead atoms. The van der Waals surface area contributed by atoms with Crippen molar-refractivity contribution in [2.75, 3.05) is 13.7 Å². The number of piperidine rings is 1. The van der Waals surface area contributed by atoms with Crippen molar-refractivity contribution in [2.45, 2.75) is 31.8 Å². The monoisotopic (exact) mass is 290 g/mol. The third kappa shape index (κ3) is 3.00. The highest BCUT2D eigenvalue weighted by Gasteiger charge is 2.30. The van der Waals surface area contributed by atoms with E-state index in [0.29, 0.717) is 18.1 Å². The van der Waals surface area contributed by atoms with Crippen LogP contribution in [0.5, 0.6) is 0 Å². The SMILES string of the molecule is COC(=O)[C@@H]1CCCCN1Cc1cc(-c2ccco2)on1. The van der Waals surface area contributed by atoms with Crippen LogP contribution in [0.4, 0.5) is 0 Å². The van der Waals surface area contributed by atoms with Crippen LogP contribution in [-0.2, 0) is 16.1 Å². The molecule has 0 aromatic carbocycles. The van der Waals surface area contributed by atoms with Crippen molar-refractivity contribution >= 4 is 5.97 Å². The Hall–Kier alpha value is -2.08. The first-order valence-electron chi connectivity index (χ1n) is 7.09. The lowest BCUT2D eigenvalue weighted by atomic mass is 10.0. The minimum absolute atomic E-state index is 0.176. The Bertz CT molecular complexity index is 591. The predicted octanol–water partition coefficient (Wildman–Crippen LogP) is 2.46. The van der Waals surface area contributed by atoms with Crippen molar-refractivity contribution < 1.29 is 18.5 Å². The van der Waals surface area contributed by atoms with E-state index in [4.69, 9.17) is 13.7 Å². The summed E-state index contributed by atoms with van der Waals surface area (Å²) in [5.74, 6) is 1.07. The van der Waals surface area contributed by atoms with Crippen LogP contribution in [-0.4, -0.2) is 35.7 Å². The van der Waals surface area contributed by atoms with Crippen LogP contribution >= 0.6 is 0 Å². The first kappa shape index (κ1) is 13.9. The lowest BCUT2D eigenvalue weighted by Gasteiger charge is -2.32. The number of ether oxygens (including phenoxy) is 1. The van der Waals surface area contributed by atoms with E-state index in [2.05, 4.69) is 10.1 Å². The van der Waals surface area contributed by atoms with Gasteiger partial charge in [0.1, 0.15) is 6.04 Å². The summed E-state index contributed by atoms with van der Waals surface area (Å²) in [6.45, 7) is 1.44. The molecule has 0 N–H and O–H groups in total. The summed E-state index contributed by atoms with van der Waals surface area (Å²) in [6, 6.07) is 5.28. The third-order valence-corrected chi connectivity index (χ3v) is 3.77. The van der Waals surface area contributed by atoms with Gasteiger partial charge in [-0.15, -0.1) is 0 Å². The van der Waals surface area contributed by atoms with Gasteiger partial charge in [-0.05, 0) is 31.5 Å². The Kier molecular flexibility index (Phi) is 4.06. The summed E-state index contributed by atoms with van der Waals surface area (Å²) < 4.78 is 15.4. The number of esters is 1. The van der Waals surface area contributed by atoms with Gasteiger partial charge < -0.3 is 13.7 Å². The third-order valence-electron chi connectivity index (χ3n) is 3.77. The highest BCUT2D eigenvalue weighted by atomic mass is 16.5. The van der Waals surface area contributed by atoms with E-state index in [9.17, 15) is 4.79 Å². The second kappa shape index (κ2) is 6.13. The van der Waals surface area contributed by atoms with Crippen LogP contribution in [0, 0.1) is 0 Å². The Morgan fingerprint density at radius 2 is 2.38 bits per heavy atom. The summed E-state index contributed by atoms with van der Waals surface area (Å²) in [6.07, 6.45) is 4.55. The number of likely N-dealkylation sites (tertiary alicyclic amines) is 1. The van der Waals surface area contributed by atoms with Crippen molar-refractivity contribution in [2.24, 2.45) is 0 Å². The van der Waals surface area contributed by atoms with E-state index in [1.165, 1.54) is 7.11 Å². The molecule has 6 heteroatoms. The van der Waals surface area contributed by atoms with Crippen LogP contribution in [0.1, 0.15) is 25.0 Å². The molecular weight excluding hydrogens is 272 g/mol. The van der Waals surface area contributed by atoms with Crippen molar-refractivity contribution in [1.29, 1.82) is 0 Å². The molecule has 2 aromatic heterocycles. The number of carbonyl (C=O) groups excluding carboxylic acids is 1. The summed E-state index contributed by atoms with van der Waals surface area (Å²) in [5.41, 5.74) is 0.789. The molecule has 1 atom stereocenters. The van der Waals surface area contributed by atoms with E-state index in [0.717, 1.165) is 31.5 Å². The summed E-state index contributed by atoms with van der Waals surface area (Å²) in [5, 5.41) is 4.06. The minimum Gasteiger partial charge on any atom is -0.468 e. The van der Waals surface area contributed by atoms with Gasteiger partial charge in [-0.3, -0.25) is 9.69 Å². The fourth-order valence-corrected chi connectivity index (χ4v) is 2.71. The largest absolute Gasteiger partial charge is 0.468 e. The quantitative estimate of drug-likeness (QED) is 0.806. The molecule has 0 unspecified atom stereocenters. The molecule has 0 radical (unpaired) electrons. The molecule has 1 aliphatic rings. The Morgan fingerprint density at radius 1 is 1.48 bits per heavy atom.